The number of fused-ring (bicyclic) bond motifs is 1. The van der Waals surface area contributed by atoms with Crippen LogP contribution in [0.1, 0.15) is 16.1 Å². The van der Waals surface area contributed by atoms with Crippen LogP contribution in [-0.2, 0) is 0 Å². The van der Waals surface area contributed by atoms with Crippen LogP contribution in [0.2, 0.25) is 0 Å². The third kappa shape index (κ3) is 1.93. The van der Waals surface area contributed by atoms with Crippen molar-refractivity contribution in [2.75, 3.05) is 0 Å². The van der Waals surface area contributed by atoms with Crippen LogP contribution in [0.25, 0.3) is 17.0 Å². The van der Waals surface area contributed by atoms with Gasteiger partial charge in [0, 0.05) is 5.56 Å². The molecule has 0 aliphatic heterocycles. The molecule has 19 heavy (non-hydrogen) atoms. The highest BCUT2D eigenvalue weighted by atomic mass is 16.4. The van der Waals surface area contributed by atoms with Gasteiger partial charge in [0.25, 0.3) is 5.78 Å². The monoisotopic (exact) mass is 254 g/mol. The summed E-state index contributed by atoms with van der Waals surface area (Å²) >= 11 is 0. The van der Waals surface area contributed by atoms with Gasteiger partial charge in [-0.2, -0.15) is 14.6 Å². The Morgan fingerprint density at radius 2 is 2.00 bits per heavy atom. The lowest BCUT2D eigenvalue weighted by atomic mass is 10.1. The van der Waals surface area contributed by atoms with Gasteiger partial charge in [0.05, 0.1) is 5.69 Å². The van der Waals surface area contributed by atoms with Crippen molar-refractivity contribution in [3.63, 3.8) is 0 Å². The molecule has 1 N–H and O–H groups in total. The molecule has 0 fully saturated rings. The van der Waals surface area contributed by atoms with Crippen LogP contribution in [0.4, 0.5) is 0 Å². The number of rotatable bonds is 2. The Labute approximate surface area is 108 Å². The summed E-state index contributed by atoms with van der Waals surface area (Å²) in [6, 6.07) is 9.19. The second-order valence-electron chi connectivity index (χ2n) is 4.17. The van der Waals surface area contributed by atoms with Gasteiger partial charge in [0.15, 0.2) is 5.69 Å². The van der Waals surface area contributed by atoms with Gasteiger partial charge in [-0.1, -0.05) is 29.8 Å². The van der Waals surface area contributed by atoms with Gasteiger partial charge in [-0.05, 0) is 13.0 Å². The summed E-state index contributed by atoms with van der Waals surface area (Å²) in [5.41, 5.74) is 2.58. The number of carbonyl (C=O) groups is 1. The van der Waals surface area contributed by atoms with E-state index < -0.39 is 5.97 Å². The fourth-order valence-corrected chi connectivity index (χ4v) is 1.84. The van der Waals surface area contributed by atoms with E-state index in [9.17, 15) is 9.90 Å². The second-order valence-corrected chi connectivity index (χ2v) is 4.17. The molecular formula is C13H10N4O2. The first-order valence-electron chi connectivity index (χ1n) is 5.66. The van der Waals surface area contributed by atoms with Gasteiger partial charge < -0.3 is 5.11 Å². The predicted molar refractivity (Wildman–Crippen MR) is 67.9 cm³/mol. The highest BCUT2D eigenvalue weighted by Crippen LogP contribution is 2.19. The molecule has 3 aromatic rings. The van der Waals surface area contributed by atoms with Crippen LogP contribution in [0.5, 0.6) is 0 Å². The third-order valence-corrected chi connectivity index (χ3v) is 2.82. The van der Waals surface area contributed by atoms with Crippen LogP contribution in [-0.4, -0.2) is 30.7 Å². The van der Waals surface area contributed by atoms with Gasteiger partial charge in [0.2, 0.25) is 0 Å². The van der Waals surface area contributed by atoms with E-state index >= 15 is 0 Å². The molecule has 1 aromatic carbocycles. The molecule has 0 amide bonds. The van der Waals surface area contributed by atoms with Gasteiger partial charge in [-0.3, -0.25) is 0 Å². The highest BCUT2D eigenvalue weighted by Gasteiger charge is 2.14. The number of aryl methyl sites for hydroxylation is 1. The zero-order valence-electron chi connectivity index (χ0n) is 10.1. The fourth-order valence-electron chi connectivity index (χ4n) is 1.84. The Morgan fingerprint density at radius 1 is 1.26 bits per heavy atom. The van der Waals surface area contributed by atoms with Crippen molar-refractivity contribution >= 4 is 11.7 Å². The molecule has 0 bridgehead atoms. The van der Waals surface area contributed by atoms with E-state index in [1.165, 1.54) is 16.9 Å². The first-order chi connectivity index (χ1) is 9.15. The zero-order chi connectivity index (χ0) is 13.4. The third-order valence-electron chi connectivity index (χ3n) is 2.82. The van der Waals surface area contributed by atoms with Gasteiger partial charge >= 0.3 is 5.97 Å². The van der Waals surface area contributed by atoms with E-state index in [4.69, 9.17) is 0 Å². The number of carboxylic acid groups (broad SMARTS) is 1. The Balaban J connectivity index is 2.24. The highest BCUT2D eigenvalue weighted by molar-refractivity contribution is 5.87. The zero-order valence-corrected chi connectivity index (χ0v) is 10.1. The Morgan fingerprint density at radius 3 is 2.68 bits per heavy atom. The maximum atomic E-state index is 11.2. The number of carboxylic acids is 1. The molecule has 0 saturated heterocycles. The average molecular weight is 254 g/mol. The summed E-state index contributed by atoms with van der Waals surface area (Å²) in [5.74, 6) is -0.790. The molecule has 6 heteroatoms. The maximum Gasteiger partial charge on any atom is 0.354 e. The summed E-state index contributed by atoms with van der Waals surface area (Å²) in [6.45, 7) is 1.99. The molecule has 0 atom stereocenters. The molecule has 0 aliphatic carbocycles. The maximum absolute atomic E-state index is 11.2. The standard InChI is InChI=1S/C13H10N4O2/c1-8-2-4-9(5-3-8)10-6-11(12(18)19)17-13(16-10)14-7-15-17/h2-7H,1H3,(H,18,19). The number of benzene rings is 1. The number of nitrogens with zero attached hydrogens (tertiary/aromatic N) is 4. The van der Waals surface area contributed by atoms with Crippen LogP contribution < -0.4 is 0 Å². The number of aromatic carboxylic acids is 1. The lowest BCUT2D eigenvalue weighted by Crippen LogP contribution is -2.08. The SMILES string of the molecule is Cc1ccc(-c2cc(C(=O)O)n3ncnc3n2)cc1. The molecule has 0 saturated carbocycles. The molecule has 6 nitrogen and oxygen atoms in total. The van der Waals surface area contributed by atoms with Crippen LogP contribution >= 0.6 is 0 Å². The lowest BCUT2D eigenvalue weighted by molar-refractivity contribution is 0.0687. The normalized spacial score (nSPS) is 10.8. The first-order valence-corrected chi connectivity index (χ1v) is 5.66. The molecule has 0 radical (unpaired) electrons. The largest absolute Gasteiger partial charge is 0.477 e. The van der Waals surface area contributed by atoms with Gasteiger partial charge in [-0.25, -0.2) is 9.78 Å². The minimum Gasteiger partial charge on any atom is -0.477 e. The van der Waals surface area contributed by atoms with Crippen LogP contribution in [0.3, 0.4) is 0 Å². The van der Waals surface area contributed by atoms with Crippen molar-refractivity contribution in [1.29, 1.82) is 0 Å². The molecule has 0 aliphatic rings. The quantitative estimate of drug-likeness (QED) is 0.754. The number of hydrogen-bond acceptors (Lipinski definition) is 4. The summed E-state index contributed by atoms with van der Waals surface area (Å²) in [4.78, 5) is 19.5. The molecule has 0 unspecified atom stereocenters. The summed E-state index contributed by atoms with van der Waals surface area (Å²) in [7, 11) is 0. The van der Waals surface area contributed by atoms with E-state index in [1.54, 1.807) is 0 Å². The first kappa shape index (κ1) is 11.3. The predicted octanol–water partition coefficient (Wildman–Crippen LogP) is 1.80. The van der Waals surface area contributed by atoms with Crippen molar-refractivity contribution in [2.45, 2.75) is 6.92 Å². The number of aromatic nitrogens is 4. The Kier molecular flexibility index (Phi) is 2.49. The van der Waals surface area contributed by atoms with Crippen molar-refractivity contribution in [3.05, 3.63) is 47.9 Å². The number of hydrogen-bond donors (Lipinski definition) is 1. The summed E-state index contributed by atoms with van der Waals surface area (Å²) in [6.07, 6.45) is 1.29. The smallest absolute Gasteiger partial charge is 0.354 e. The van der Waals surface area contributed by atoms with E-state index in [0.29, 0.717) is 5.69 Å². The van der Waals surface area contributed by atoms with E-state index in [0.717, 1.165) is 11.1 Å². The minimum atomic E-state index is -1.06. The Bertz CT molecular complexity index is 762. The Hall–Kier alpha value is -2.76. The summed E-state index contributed by atoms with van der Waals surface area (Å²) < 4.78 is 1.21. The van der Waals surface area contributed by atoms with Crippen LogP contribution in [0.15, 0.2) is 36.7 Å². The average Bonchev–Trinajstić information content (AvgIpc) is 2.86. The molecule has 2 aromatic heterocycles. The molecule has 0 spiro atoms. The second kappa shape index (κ2) is 4.16. The molecular weight excluding hydrogens is 244 g/mol. The minimum absolute atomic E-state index is 0.0399. The van der Waals surface area contributed by atoms with Gasteiger partial charge in [-0.15, -0.1) is 0 Å². The molecule has 3 rings (SSSR count). The van der Waals surface area contributed by atoms with Crippen molar-refractivity contribution in [1.82, 2.24) is 19.6 Å². The molecule has 94 valence electrons. The van der Waals surface area contributed by atoms with Crippen LogP contribution in [0, 0.1) is 6.92 Å². The lowest BCUT2D eigenvalue weighted by Gasteiger charge is -2.04. The van der Waals surface area contributed by atoms with E-state index in [-0.39, 0.29) is 11.5 Å². The van der Waals surface area contributed by atoms with Crippen molar-refractivity contribution in [3.8, 4) is 11.3 Å². The van der Waals surface area contributed by atoms with Crippen molar-refractivity contribution in [2.24, 2.45) is 0 Å². The van der Waals surface area contributed by atoms with Crippen molar-refractivity contribution < 1.29 is 9.90 Å². The fraction of sp³-hybridized carbons (Fsp3) is 0.0769. The topological polar surface area (TPSA) is 80.4 Å². The summed E-state index contributed by atoms with van der Waals surface area (Å²) in [5, 5.41) is 13.1. The van der Waals surface area contributed by atoms with Gasteiger partial charge in [0.1, 0.15) is 6.33 Å². The van der Waals surface area contributed by atoms with E-state index in [1.807, 2.05) is 31.2 Å². The molecule has 2 heterocycles. The van der Waals surface area contributed by atoms with E-state index in [2.05, 4.69) is 15.1 Å².